The van der Waals surface area contributed by atoms with Gasteiger partial charge in [-0.1, -0.05) is 0 Å². The fraction of sp³-hybridized carbons (Fsp3) is 0.273. The number of nitrogens with zero attached hydrogens (tertiary/aromatic N) is 2. The SMILES string of the molecule is Cc1ccc(C(C)Nc2ncncc2I)s1. The summed E-state index contributed by atoms with van der Waals surface area (Å²) in [4.78, 5) is 10.9. The van der Waals surface area contributed by atoms with Gasteiger partial charge in [-0.2, -0.15) is 0 Å². The molecule has 2 heterocycles. The normalized spacial score (nSPS) is 12.4. The monoisotopic (exact) mass is 345 g/mol. The summed E-state index contributed by atoms with van der Waals surface area (Å²) in [6.07, 6.45) is 3.37. The summed E-state index contributed by atoms with van der Waals surface area (Å²) in [6.45, 7) is 4.26. The lowest BCUT2D eigenvalue weighted by Crippen LogP contribution is -2.07. The summed E-state index contributed by atoms with van der Waals surface area (Å²) in [5.41, 5.74) is 0. The molecule has 84 valence electrons. The van der Waals surface area contributed by atoms with E-state index in [2.05, 4.69) is 63.9 Å². The number of nitrogens with one attached hydrogen (secondary N) is 1. The standard InChI is InChI=1S/C11H12IN3S/c1-7-3-4-10(16-7)8(2)15-11-9(12)5-13-6-14-11/h3-6,8H,1-2H3,(H,13,14,15). The third kappa shape index (κ3) is 2.70. The molecule has 1 N–H and O–H groups in total. The molecule has 0 saturated heterocycles. The Hall–Kier alpha value is -0.690. The predicted molar refractivity (Wildman–Crippen MR) is 75.8 cm³/mol. The number of rotatable bonds is 3. The van der Waals surface area contributed by atoms with Gasteiger partial charge in [0.25, 0.3) is 0 Å². The van der Waals surface area contributed by atoms with Crippen molar-refractivity contribution < 1.29 is 0 Å². The molecule has 0 aromatic carbocycles. The van der Waals surface area contributed by atoms with Crippen molar-refractivity contribution in [1.29, 1.82) is 0 Å². The zero-order valence-corrected chi connectivity index (χ0v) is 12.0. The van der Waals surface area contributed by atoms with Crippen molar-refractivity contribution in [3.05, 3.63) is 38.0 Å². The number of hydrogen-bond acceptors (Lipinski definition) is 4. The van der Waals surface area contributed by atoms with E-state index in [1.54, 1.807) is 6.33 Å². The summed E-state index contributed by atoms with van der Waals surface area (Å²) >= 11 is 4.05. The van der Waals surface area contributed by atoms with Crippen LogP contribution in [0.3, 0.4) is 0 Å². The van der Waals surface area contributed by atoms with Crippen LogP contribution in [-0.2, 0) is 0 Å². The molecule has 0 aliphatic carbocycles. The van der Waals surface area contributed by atoms with E-state index in [4.69, 9.17) is 0 Å². The third-order valence-electron chi connectivity index (χ3n) is 2.21. The van der Waals surface area contributed by atoms with Crippen LogP contribution in [0.2, 0.25) is 0 Å². The maximum absolute atomic E-state index is 4.23. The van der Waals surface area contributed by atoms with Crippen LogP contribution in [0.1, 0.15) is 22.7 Å². The number of aryl methyl sites for hydroxylation is 1. The van der Waals surface area contributed by atoms with E-state index in [0.717, 1.165) is 9.39 Å². The summed E-state index contributed by atoms with van der Waals surface area (Å²) in [7, 11) is 0. The summed E-state index contributed by atoms with van der Waals surface area (Å²) in [5.74, 6) is 0.897. The molecule has 0 aliphatic heterocycles. The van der Waals surface area contributed by atoms with Gasteiger partial charge in [0.2, 0.25) is 0 Å². The third-order valence-corrected chi connectivity index (χ3v) is 4.18. The Morgan fingerprint density at radius 1 is 1.44 bits per heavy atom. The molecule has 0 fully saturated rings. The van der Waals surface area contributed by atoms with Gasteiger partial charge in [-0.05, 0) is 48.6 Å². The van der Waals surface area contributed by atoms with Crippen LogP contribution >= 0.6 is 33.9 Å². The zero-order chi connectivity index (χ0) is 11.5. The van der Waals surface area contributed by atoms with Gasteiger partial charge in [0.15, 0.2) is 0 Å². The van der Waals surface area contributed by atoms with Crippen molar-refractivity contribution in [1.82, 2.24) is 9.97 Å². The molecule has 2 aromatic heterocycles. The number of anilines is 1. The van der Waals surface area contributed by atoms with Crippen LogP contribution in [0, 0.1) is 10.5 Å². The molecule has 1 atom stereocenters. The second-order valence-electron chi connectivity index (χ2n) is 3.53. The number of thiophene rings is 1. The molecular weight excluding hydrogens is 333 g/mol. The molecule has 0 saturated carbocycles. The molecule has 16 heavy (non-hydrogen) atoms. The first-order chi connectivity index (χ1) is 7.66. The second-order valence-corrected chi connectivity index (χ2v) is 6.02. The lowest BCUT2D eigenvalue weighted by atomic mass is 10.3. The van der Waals surface area contributed by atoms with Gasteiger partial charge in [0.1, 0.15) is 12.1 Å². The van der Waals surface area contributed by atoms with Crippen molar-refractivity contribution in [3.8, 4) is 0 Å². The summed E-state index contributed by atoms with van der Waals surface area (Å²) in [5, 5.41) is 3.39. The average Bonchev–Trinajstić information content (AvgIpc) is 2.68. The quantitative estimate of drug-likeness (QED) is 0.864. The van der Waals surface area contributed by atoms with Crippen molar-refractivity contribution in [2.75, 3.05) is 5.32 Å². The molecule has 2 rings (SSSR count). The van der Waals surface area contributed by atoms with Crippen molar-refractivity contribution in [2.45, 2.75) is 19.9 Å². The molecular formula is C11H12IN3S. The predicted octanol–water partition coefficient (Wildman–Crippen LogP) is 3.62. The highest BCUT2D eigenvalue weighted by molar-refractivity contribution is 14.1. The van der Waals surface area contributed by atoms with Crippen LogP contribution in [-0.4, -0.2) is 9.97 Å². The van der Waals surface area contributed by atoms with Gasteiger partial charge >= 0.3 is 0 Å². The zero-order valence-electron chi connectivity index (χ0n) is 9.07. The van der Waals surface area contributed by atoms with Crippen LogP contribution in [0.4, 0.5) is 5.82 Å². The maximum Gasteiger partial charge on any atom is 0.143 e. The minimum absolute atomic E-state index is 0.280. The number of halogens is 1. The second kappa shape index (κ2) is 5.09. The van der Waals surface area contributed by atoms with Gasteiger partial charge in [-0.25, -0.2) is 9.97 Å². The van der Waals surface area contributed by atoms with E-state index in [1.807, 2.05) is 17.5 Å². The molecule has 5 heteroatoms. The van der Waals surface area contributed by atoms with Gasteiger partial charge < -0.3 is 5.32 Å². The fourth-order valence-electron chi connectivity index (χ4n) is 1.38. The molecule has 0 radical (unpaired) electrons. The topological polar surface area (TPSA) is 37.8 Å². The summed E-state index contributed by atoms with van der Waals surface area (Å²) in [6, 6.07) is 4.58. The Bertz CT molecular complexity index is 484. The van der Waals surface area contributed by atoms with E-state index in [9.17, 15) is 0 Å². The first kappa shape index (κ1) is 11.8. The Morgan fingerprint density at radius 2 is 2.25 bits per heavy atom. The van der Waals surface area contributed by atoms with E-state index < -0.39 is 0 Å². The molecule has 2 aromatic rings. The molecule has 0 spiro atoms. The van der Waals surface area contributed by atoms with Gasteiger partial charge in [-0.3, -0.25) is 0 Å². The van der Waals surface area contributed by atoms with Gasteiger partial charge in [-0.15, -0.1) is 11.3 Å². The van der Waals surface area contributed by atoms with Crippen molar-refractivity contribution in [2.24, 2.45) is 0 Å². The van der Waals surface area contributed by atoms with Gasteiger partial charge in [0.05, 0.1) is 9.61 Å². The summed E-state index contributed by atoms with van der Waals surface area (Å²) < 4.78 is 1.04. The molecule has 0 amide bonds. The van der Waals surface area contributed by atoms with Gasteiger partial charge in [0, 0.05) is 16.0 Å². The maximum atomic E-state index is 4.23. The minimum atomic E-state index is 0.280. The molecule has 1 unspecified atom stereocenters. The number of hydrogen-bond donors (Lipinski definition) is 1. The van der Waals surface area contributed by atoms with Crippen LogP contribution < -0.4 is 5.32 Å². The Labute approximate surface area is 112 Å². The highest BCUT2D eigenvalue weighted by atomic mass is 127. The minimum Gasteiger partial charge on any atom is -0.362 e. The van der Waals surface area contributed by atoms with Crippen LogP contribution in [0.25, 0.3) is 0 Å². The smallest absolute Gasteiger partial charge is 0.143 e. The average molecular weight is 345 g/mol. The van der Waals surface area contributed by atoms with Crippen LogP contribution in [0.15, 0.2) is 24.7 Å². The highest BCUT2D eigenvalue weighted by Gasteiger charge is 2.09. The molecule has 3 nitrogen and oxygen atoms in total. The lowest BCUT2D eigenvalue weighted by Gasteiger charge is -2.13. The lowest BCUT2D eigenvalue weighted by molar-refractivity contribution is 0.890. The Morgan fingerprint density at radius 3 is 2.88 bits per heavy atom. The Balaban J connectivity index is 2.13. The van der Waals surface area contributed by atoms with E-state index in [-0.39, 0.29) is 6.04 Å². The van der Waals surface area contributed by atoms with E-state index in [1.165, 1.54) is 9.75 Å². The Kier molecular flexibility index (Phi) is 3.75. The van der Waals surface area contributed by atoms with E-state index in [0.29, 0.717) is 0 Å². The van der Waals surface area contributed by atoms with E-state index >= 15 is 0 Å². The highest BCUT2D eigenvalue weighted by Crippen LogP contribution is 2.26. The van der Waals surface area contributed by atoms with Crippen LogP contribution in [0.5, 0.6) is 0 Å². The molecule has 0 aliphatic rings. The van der Waals surface area contributed by atoms with Crippen molar-refractivity contribution >= 4 is 39.7 Å². The van der Waals surface area contributed by atoms with Crippen molar-refractivity contribution in [3.63, 3.8) is 0 Å². The largest absolute Gasteiger partial charge is 0.362 e. The first-order valence-corrected chi connectivity index (χ1v) is 6.84. The fourth-order valence-corrected chi connectivity index (χ4v) is 2.72. The first-order valence-electron chi connectivity index (χ1n) is 4.95. The number of aromatic nitrogens is 2. The molecule has 0 bridgehead atoms.